The van der Waals surface area contributed by atoms with E-state index in [-0.39, 0.29) is 17.6 Å². The number of carbonyl (C=O) groups excluding carboxylic acids is 3. The highest BCUT2D eigenvalue weighted by Crippen LogP contribution is 2.04. The summed E-state index contributed by atoms with van der Waals surface area (Å²) in [5, 5.41) is 16.4. The van der Waals surface area contributed by atoms with E-state index in [1.165, 1.54) is 6.92 Å². The summed E-state index contributed by atoms with van der Waals surface area (Å²) in [4.78, 5) is 47.6. The van der Waals surface area contributed by atoms with Crippen molar-refractivity contribution in [2.24, 2.45) is 17.6 Å². The number of thiol groups is 1. The summed E-state index contributed by atoms with van der Waals surface area (Å²) in [6.45, 7) is 8.46. The first kappa shape index (κ1) is 24.2. The van der Waals surface area contributed by atoms with E-state index in [0.29, 0.717) is 0 Å². The van der Waals surface area contributed by atoms with Gasteiger partial charge in [0.15, 0.2) is 0 Å². The second-order valence-electron chi connectivity index (χ2n) is 6.81. The molecule has 0 radical (unpaired) electrons. The summed E-state index contributed by atoms with van der Waals surface area (Å²) >= 11 is 3.88. The summed E-state index contributed by atoms with van der Waals surface area (Å²) < 4.78 is 0. The lowest BCUT2D eigenvalue weighted by Gasteiger charge is -2.26. The molecule has 0 aliphatic rings. The van der Waals surface area contributed by atoms with Crippen LogP contribution in [0.4, 0.5) is 0 Å². The van der Waals surface area contributed by atoms with Gasteiger partial charge in [0.25, 0.3) is 0 Å². The van der Waals surface area contributed by atoms with Gasteiger partial charge < -0.3 is 26.8 Å². The third kappa shape index (κ3) is 7.61. The van der Waals surface area contributed by atoms with Crippen molar-refractivity contribution in [3.05, 3.63) is 0 Å². The molecule has 4 atom stereocenters. The van der Waals surface area contributed by atoms with Crippen LogP contribution in [-0.2, 0) is 19.2 Å². The van der Waals surface area contributed by atoms with Gasteiger partial charge in [-0.05, 0) is 18.8 Å². The Morgan fingerprint density at radius 2 is 1.42 bits per heavy atom. The summed E-state index contributed by atoms with van der Waals surface area (Å²) in [5.74, 6) is -3.35. The van der Waals surface area contributed by atoms with Gasteiger partial charge in [-0.2, -0.15) is 12.6 Å². The van der Waals surface area contributed by atoms with E-state index >= 15 is 0 Å². The van der Waals surface area contributed by atoms with Crippen LogP contribution in [0.3, 0.4) is 0 Å². The second-order valence-corrected chi connectivity index (χ2v) is 7.18. The molecule has 0 saturated heterocycles. The zero-order valence-corrected chi connectivity index (χ0v) is 16.7. The molecule has 0 saturated carbocycles. The van der Waals surface area contributed by atoms with Crippen LogP contribution in [0.15, 0.2) is 0 Å². The normalized spacial score (nSPS) is 15.7. The highest BCUT2D eigenvalue weighted by atomic mass is 32.1. The lowest BCUT2D eigenvalue weighted by atomic mass is 10.0. The Bertz CT molecular complexity index is 527. The maximum absolute atomic E-state index is 12.3. The van der Waals surface area contributed by atoms with Crippen LogP contribution in [0.2, 0.25) is 0 Å². The van der Waals surface area contributed by atoms with Crippen molar-refractivity contribution < 1.29 is 24.3 Å². The molecule has 26 heavy (non-hydrogen) atoms. The SMILES string of the molecule is CC(NC(=O)C(N)C(C)C)C(=O)NC(C(=O)NC(CS)C(=O)O)C(C)C. The smallest absolute Gasteiger partial charge is 0.327 e. The van der Waals surface area contributed by atoms with Gasteiger partial charge in [-0.15, -0.1) is 0 Å². The van der Waals surface area contributed by atoms with Crippen LogP contribution in [0, 0.1) is 11.8 Å². The zero-order chi connectivity index (χ0) is 20.6. The average molecular weight is 391 g/mol. The van der Waals surface area contributed by atoms with Crippen molar-refractivity contribution in [1.29, 1.82) is 0 Å². The van der Waals surface area contributed by atoms with Gasteiger partial charge in [0, 0.05) is 5.75 Å². The van der Waals surface area contributed by atoms with Crippen molar-refractivity contribution in [3.8, 4) is 0 Å². The summed E-state index contributed by atoms with van der Waals surface area (Å²) in [7, 11) is 0. The first-order valence-corrected chi connectivity index (χ1v) is 9.05. The molecule has 4 unspecified atom stereocenters. The molecule has 0 bridgehead atoms. The minimum absolute atomic E-state index is 0.0839. The third-order valence-corrected chi connectivity index (χ3v) is 4.18. The third-order valence-electron chi connectivity index (χ3n) is 3.82. The van der Waals surface area contributed by atoms with Gasteiger partial charge in [0.1, 0.15) is 18.1 Å². The fourth-order valence-corrected chi connectivity index (χ4v) is 2.19. The van der Waals surface area contributed by atoms with Gasteiger partial charge in [-0.3, -0.25) is 14.4 Å². The van der Waals surface area contributed by atoms with Crippen molar-refractivity contribution >= 4 is 36.3 Å². The van der Waals surface area contributed by atoms with E-state index in [4.69, 9.17) is 10.8 Å². The minimum atomic E-state index is -1.22. The fraction of sp³-hybridized carbons (Fsp3) is 0.750. The van der Waals surface area contributed by atoms with Crippen LogP contribution < -0.4 is 21.7 Å². The molecule has 0 aliphatic carbocycles. The first-order chi connectivity index (χ1) is 11.9. The molecule has 0 spiro atoms. The van der Waals surface area contributed by atoms with E-state index in [0.717, 1.165) is 0 Å². The van der Waals surface area contributed by atoms with Crippen LogP contribution in [0.1, 0.15) is 34.6 Å². The Kier molecular flexibility index (Phi) is 10.3. The number of nitrogens with two attached hydrogens (primary N) is 1. The second kappa shape index (κ2) is 11.0. The number of nitrogens with one attached hydrogen (secondary N) is 3. The maximum Gasteiger partial charge on any atom is 0.327 e. The Morgan fingerprint density at radius 1 is 0.885 bits per heavy atom. The lowest BCUT2D eigenvalue weighted by molar-refractivity contribution is -0.142. The van der Waals surface area contributed by atoms with E-state index in [9.17, 15) is 19.2 Å². The van der Waals surface area contributed by atoms with Crippen LogP contribution >= 0.6 is 12.6 Å². The van der Waals surface area contributed by atoms with Crippen molar-refractivity contribution in [1.82, 2.24) is 16.0 Å². The Balaban J connectivity index is 4.93. The molecule has 9 nitrogen and oxygen atoms in total. The summed E-state index contributed by atoms with van der Waals surface area (Å²) in [5.41, 5.74) is 5.73. The number of carboxylic acids is 1. The maximum atomic E-state index is 12.3. The minimum Gasteiger partial charge on any atom is -0.480 e. The molecule has 0 aromatic carbocycles. The Hall–Kier alpha value is -1.81. The largest absolute Gasteiger partial charge is 0.480 e. The van der Waals surface area contributed by atoms with E-state index in [1.54, 1.807) is 27.7 Å². The Labute approximate surface area is 159 Å². The molecule has 10 heteroatoms. The molecule has 0 rings (SSSR count). The number of amides is 3. The van der Waals surface area contributed by atoms with Gasteiger partial charge in [0.2, 0.25) is 17.7 Å². The van der Waals surface area contributed by atoms with Crippen molar-refractivity contribution in [2.75, 3.05) is 5.75 Å². The number of rotatable bonds is 10. The van der Waals surface area contributed by atoms with Crippen LogP contribution in [-0.4, -0.2) is 58.7 Å². The molecule has 0 heterocycles. The lowest BCUT2D eigenvalue weighted by Crippen LogP contribution is -2.58. The number of carbonyl (C=O) groups is 4. The van der Waals surface area contributed by atoms with Crippen LogP contribution in [0.5, 0.6) is 0 Å². The summed E-state index contributed by atoms with van der Waals surface area (Å²) in [6.07, 6.45) is 0. The van der Waals surface area contributed by atoms with Gasteiger partial charge >= 0.3 is 5.97 Å². The zero-order valence-electron chi connectivity index (χ0n) is 15.8. The highest BCUT2D eigenvalue weighted by Gasteiger charge is 2.30. The number of hydrogen-bond acceptors (Lipinski definition) is 6. The van der Waals surface area contributed by atoms with Gasteiger partial charge in [-0.25, -0.2) is 4.79 Å². The molecule has 6 N–H and O–H groups in total. The monoisotopic (exact) mass is 390 g/mol. The number of aliphatic carboxylic acids is 1. The van der Waals surface area contributed by atoms with E-state index in [2.05, 4.69) is 28.6 Å². The summed E-state index contributed by atoms with van der Waals surface area (Å²) in [6, 6.07) is -3.77. The molecular weight excluding hydrogens is 360 g/mol. The van der Waals surface area contributed by atoms with Crippen molar-refractivity contribution in [2.45, 2.75) is 58.8 Å². The highest BCUT2D eigenvalue weighted by molar-refractivity contribution is 7.80. The molecule has 0 aromatic rings. The average Bonchev–Trinajstić information content (AvgIpc) is 2.55. The van der Waals surface area contributed by atoms with Gasteiger partial charge in [0.05, 0.1) is 6.04 Å². The molecule has 0 aliphatic heterocycles. The fourth-order valence-electron chi connectivity index (χ4n) is 1.94. The molecule has 0 aromatic heterocycles. The van der Waals surface area contributed by atoms with E-state index < -0.39 is 47.9 Å². The molecule has 150 valence electrons. The Morgan fingerprint density at radius 3 is 1.81 bits per heavy atom. The predicted octanol–water partition coefficient (Wildman–Crippen LogP) is -0.886. The predicted molar refractivity (Wildman–Crippen MR) is 101 cm³/mol. The van der Waals surface area contributed by atoms with Crippen LogP contribution in [0.25, 0.3) is 0 Å². The topological polar surface area (TPSA) is 151 Å². The quantitative estimate of drug-likeness (QED) is 0.266. The number of carboxylic acid groups (broad SMARTS) is 1. The molecule has 3 amide bonds. The molecule has 0 fully saturated rings. The van der Waals surface area contributed by atoms with Crippen molar-refractivity contribution in [3.63, 3.8) is 0 Å². The first-order valence-electron chi connectivity index (χ1n) is 8.42. The number of hydrogen-bond donors (Lipinski definition) is 6. The van der Waals surface area contributed by atoms with Gasteiger partial charge in [-0.1, -0.05) is 27.7 Å². The standard InChI is InChI=1S/C16H30N4O5S/c1-7(2)11(17)14(22)18-9(5)13(21)20-12(8(3)4)15(23)19-10(6-26)16(24)25/h7-12,26H,6,17H2,1-5H3,(H,18,22)(H,19,23)(H,20,21)(H,24,25). The van der Waals surface area contributed by atoms with E-state index in [1.807, 2.05) is 0 Å². The molecular formula is C16H30N4O5S.